The van der Waals surface area contributed by atoms with Gasteiger partial charge in [-0.2, -0.15) is 0 Å². The van der Waals surface area contributed by atoms with E-state index in [0.717, 1.165) is 5.92 Å². The fourth-order valence-corrected chi connectivity index (χ4v) is 8.40. The van der Waals surface area contributed by atoms with Gasteiger partial charge in [0.2, 0.25) is 0 Å². The molecular weight excluding hydrogens is 223 g/mol. The van der Waals surface area contributed by atoms with Gasteiger partial charge in [0.05, 0.1) is 0 Å². The van der Waals surface area contributed by atoms with Gasteiger partial charge in [-0.15, -0.1) is 0 Å². The first-order chi connectivity index (χ1) is 4.29. The number of hydrogen-bond donors (Lipinski definition) is 0. The molecule has 0 spiro atoms. The van der Waals surface area contributed by atoms with Crippen LogP contribution in [0.4, 0.5) is 0 Å². The maximum atomic E-state index is 2.37. The molecule has 1 heterocycles. The van der Waals surface area contributed by atoms with Crippen molar-refractivity contribution < 1.29 is 0 Å². The molecule has 1 saturated heterocycles. The van der Waals surface area contributed by atoms with Crippen LogP contribution in [0.2, 0.25) is 0 Å². The summed E-state index contributed by atoms with van der Waals surface area (Å²) in [6.07, 6.45) is 3.13. The van der Waals surface area contributed by atoms with Crippen molar-refractivity contribution in [3.63, 3.8) is 0 Å². The average molecular weight is 240 g/mol. The number of halogens is 1. The van der Waals surface area contributed by atoms with Crippen LogP contribution in [-0.2, 0) is 0 Å². The molecule has 1 heteroatoms. The van der Waals surface area contributed by atoms with Crippen LogP contribution in [0.1, 0.15) is 26.7 Å². The van der Waals surface area contributed by atoms with Gasteiger partial charge in [-0.05, 0) is 0 Å². The summed E-state index contributed by atoms with van der Waals surface area (Å²) < 4.78 is 4.97. The molecule has 9 heavy (non-hydrogen) atoms. The third-order valence-electron chi connectivity index (χ3n) is 1.58. The van der Waals surface area contributed by atoms with Crippen LogP contribution < -0.4 is 0 Å². The van der Waals surface area contributed by atoms with Gasteiger partial charge in [-0.1, -0.05) is 0 Å². The van der Waals surface area contributed by atoms with Crippen LogP contribution in [-0.4, -0.2) is 13.3 Å². The molecule has 0 aromatic heterocycles. The van der Waals surface area contributed by atoms with E-state index in [4.69, 9.17) is 0 Å². The molecule has 0 atom stereocenters. The molecule has 1 rings (SSSR count). The van der Waals surface area contributed by atoms with Crippen molar-refractivity contribution in [3.8, 4) is 0 Å². The summed E-state index contributed by atoms with van der Waals surface area (Å²) in [5.74, 6) is 0.994. The van der Waals surface area contributed by atoms with Gasteiger partial charge in [-0.25, -0.2) is 0 Å². The molecule has 0 amide bonds. The summed E-state index contributed by atoms with van der Waals surface area (Å²) >= 11 is -0.296. The Morgan fingerprint density at radius 1 is 1.22 bits per heavy atom. The molecule has 56 valence electrons. The van der Waals surface area contributed by atoms with Crippen LogP contribution in [0, 0.1) is 5.92 Å². The minimum absolute atomic E-state index is 0.296. The van der Waals surface area contributed by atoms with E-state index >= 15 is 0 Å². The van der Waals surface area contributed by atoms with E-state index in [0.29, 0.717) is 0 Å². The fourth-order valence-electron chi connectivity index (χ4n) is 1.25. The first-order valence-electron chi connectivity index (χ1n) is 3.86. The van der Waals surface area contributed by atoms with Crippen molar-refractivity contribution in [2.75, 3.05) is 13.3 Å². The summed E-state index contributed by atoms with van der Waals surface area (Å²) in [7, 11) is 0. The monoisotopic (exact) mass is 240 g/mol. The van der Waals surface area contributed by atoms with Crippen molar-refractivity contribution in [1.82, 2.24) is 0 Å². The molecule has 0 N–H and O–H groups in total. The maximum absolute atomic E-state index is 2.37. The molecule has 0 radical (unpaired) electrons. The third kappa shape index (κ3) is 2.87. The summed E-state index contributed by atoms with van der Waals surface area (Å²) in [5, 5.41) is 0. The zero-order chi connectivity index (χ0) is 6.69. The van der Waals surface area contributed by atoms with Crippen LogP contribution in [0.25, 0.3) is 0 Å². The Labute approximate surface area is 65.8 Å². The molecule has 1 aliphatic heterocycles. The zero-order valence-electron chi connectivity index (χ0n) is 6.49. The van der Waals surface area contributed by atoms with Gasteiger partial charge in [-0.3, -0.25) is 0 Å². The molecule has 0 unspecified atom stereocenters. The summed E-state index contributed by atoms with van der Waals surface area (Å²) in [6.45, 7) is 4.74. The Balaban J connectivity index is 2.11. The van der Waals surface area contributed by atoms with Gasteiger partial charge >= 0.3 is 65.7 Å². The number of hydrogen-bond acceptors (Lipinski definition) is 0. The average Bonchev–Trinajstić information content (AvgIpc) is 2.15. The van der Waals surface area contributed by atoms with Crippen LogP contribution in [0.3, 0.4) is 0 Å². The fraction of sp³-hybridized carbons (Fsp3) is 1.00. The first kappa shape index (κ1) is 7.83. The Kier molecular flexibility index (Phi) is 3.30. The second-order valence-corrected chi connectivity index (χ2v) is 9.47. The van der Waals surface area contributed by atoms with E-state index in [-0.39, 0.29) is 19.8 Å². The second kappa shape index (κ2) is 3.79. The molecule has 0 nitrogen and oxygen atoms in total. The molecule has 1 fully saturated rings. The predicted octanol–water partition coefficient (Wildman–Crippen LogP) is 2.94. The number of alkyl halides is 3. The Morgan fingerprint density at radius 3 is 2.22 bits per heavy atom. The van der Waals surface area contributed by atoms with Gasteiger partial charge in [0, 0.05) is 0 Å². The van der Waals surface area contributed by atoms with E-state index < -0.39 is 0 Å². The van der Waals surface area contributed by atoms with E-state index in [9.17, 15) is 0 Å². The Morgan fingerprint density at radius 2 is 1.78 bits per heavy atom. The van der Waals surface area contributed by atoms with Gasteiger partial charge < -0.3 is 0 Å². The quantitative estimate of drug-likeness (QED) is 0.514. The molecule has 0 bridgehead atoms. The second-order valence-electron chi connectivity index (χ2n) is 3.20. The topological polar surface area (TPSA) is 0 Å². The van der Waals surface area contributed by atoms with E-state index in [1.54, 1.807) is 26.1 Å². The molecule has 0 aromatic rings. The molecule has 0 saturated carbocycles. The summed E-state index contributed by atoms with van der Waals surface area (Å²) in [6, 6.07) is 0. The standard InChI is InChI=1S/C8H17I/c1-8(2)7-9-5-3-4-6-9/h8H,3-7H2,1-2H3. The van der Waals surface area contributed by atoms with Crippen molar-refractivity contribution in [1.29, 1.82) is 0 Å². The van der Waals surface area contributed by atoms with Crippen molar-refractivity contribution in [2.45, 2.75) is 26.7 Å². The van der Waals surface area contributed by atoms with Crippen LogP contribution >= 0.6 is 19.8 Å². The molecule has 0 aromatic carbocycles. The molecule has 1 aliphatic rings. The predicted molar refractivity (Wildman–Crippen MR) is 52.7 cm³/mol. The zero-order valence-corrected chi connectivity index (χ0v) is 8.65. The van der Waals surface area contributed by atoms with Gasteiger partial charge in [0.1, 0.15) is 0 Å². The van der Waals surface area contributed by atoms with Crippen LogP contribution in [0.15, 0.2) is 0 Å². The number of rotatable bonds is 2. The molecule has 0 aliphatic carbocycles. The summed E-state index contributed by atoms with van der Waals surface area (Å²) in [4.78, 5) is 0. The normalized spacial score (nSPS) is 23.7. The van der Waals surface area contributed by atoms with Crippen molar-refractivity contribution >= 4 is 19.8 Å². The third-order valence-corrected chi connectivity index (χ3v) is 9.16. The van der Waals surface area contributed by atoms with Crippen molar-refractivity contribution in [3.05, 3.63) is 0 Å². The molecular formula is C8H17I. The summed E-state index contributed by atoms with van der Waals surface area (Å²) in [5.41, 5.74) is 0. The van der Waals surface area contributed by atoms with E-state index in [1.807, 2.05) is 0 Å². The van der Waals surface area contributed by atoms with Crippen molar-refractivity contribution in [2.24, 2.45) is 5.92 Å². The van der Waals surface area contributed by atoms with Gasteiger partial charge in [0.15, 0.2) is 0 Å². The SMILES string of the molecule is CC(C)CI1CCCC1. The van der Waals surface area contributed by atoms with Gasteiger partial charge in [0.25, 0.3) is 0 Å². The van der Waals surface area contributed by atoms with E-state index in [1.165, 1.54) is 0 Å². The Bertz CT molecular complexity index is 72.6. The van der Waals surface area contributed by atoms with E-state index in [2.05, 4.69) is 13.8 Å². The Hall–Kier alpha value is 0.730. The van der Waals surface area contributed by atoms with Crippen LogP contribution in [0.5, 0.6) is 0 Å². The first-order valence-corrected chi connectivity index (χ1v) is 8.44. The minimum atomic E-state index is -0.296.